The fourth-order valence-electron chi connectivity index (χ4n) is 1.60. The molecule has 0 spiro atoms. The lowest BCUT2D eigenvalue weighted by atomic mass is 10.3. The van der Waals surface area contributed by atoms with E-state index in [1.807, 2.05) is 6.92 Å². The maximum atomic E-state index is 12.1. The summed E-state index contributed by atoms with van der Waals surface area (Å²) in [5.74, 6) is -0.334. The first kappa shape index (κ1) is 17.5. The predicted octanol–water partition coefficient (Wildman–Crippen LogP) is 2.50. The van der Waals surface area contributed by atoms with E-state index in [1.54, 1.807) is 7.11 Å². The van der Waals surface area contributed by atoms with Crippen LogP contribution in [0.5, 0.6) is 5.75 Å². The number of halogens is 3. The van der Waals surface area contributed by atoms with Crippen LogP contribution in [0.3, 0.4) is 0 Å². The molecule has 1 rings (SSSR count). The van der Waals surface area contributed by atoms with Gasteiger partial charge in [0, 0.05) is 18.8 Å². The van der Waals surface area contributed by atoms with Gasteiger partial charge >= 0.3 is 6.61 Å². The van der Waals surface area contributed by atoms with Gasteiger partial charge in [-0.05, 0) is 25.1 Å². The van der Waals surface area contributed by atoms with Crippen LogP contribution in [0, 0.1) is 0 Å². The Labute approximate surface area is 126 Å². The van der Waals surface area contributed by atoms with Gasteiger partial charge in [-0.2, -0.15) is 8.78 Å². The largest absolute Gasteiger partial charge is 0.433 e. The summed E-state index contributed by atoms with van der Waals surface area (Å²) in [4.78, 5) is 11.6. The van der Waals surface area contributed by atoms with E-state index in [0.29, 0.717) is 12.3 Å². The number of rotatable bonds is 8. The second kappa shape index (κ2) is 8.63. The Kier molecular flexibility index (Phi) is 7.18. The van der Waals surface area contributed by atoms with Gasteiger partial charge in [-0.1, -0.05) is 11.6 Å². The first-order chi connectivity index (χ1) is 9.92. The van der Waals surface area contributed by atoms with Gasteiger partial charge in [-0.25, -0.2) is 0 Å². The average molecular weight is 323 g/mol. The van der Waals surface area contributed by atoms with Gasteiger partial charge < -0.3 is 20.1 Å². The van der Waals surface area contributed by atoms with Crippen molar-refractivity contribution >= 4 is 23.2 Å². The van der Waals surface area contributed by atoms with E-state index in [9.17, 15) is 13.6 Å². The number of hydrogen-bond donors (Lipinski definition) is 2. The normalized spacial score (nSPS) is 12.1. The van der Waals surface area contributed by atoms with E-state index in [2.05, 4.69) is 15.4 Å². The zero-order valence-electron chi connectivity index (χ0n) is 11.7. The Morgan fingerprint density at radius 1 is 1.43 bits per heavy atom. The molecule has 0 saturated carbocycles. The molecular weight excluding hydrogens is 306 g/mol. The number of anilines is 1. The Hall–Kier alpha value is -1.60. The minimum absolute atomic E-state index is 0.0272. The van der Waals surface area contributed by atoms with Gasteiger partial charge in [-0.15, -0.1) is 0 Å². The Balaban J connectivity index is 2.48. The van der Waals surface area contributed by atoms with Crippen LogP contribution in [-0.2, 0) is 9.53 Å². The molecule has 0 heterocycles. The molecule has 5 nitrogen and oxygen atoms in total. The standard InChI is InChI=1S/C13H17ClF2N2O3/c1-8(7-20-2)18-12(19)6-17-9-3-4-11(10(14)5-9)21-13(15)16/h3-5,8,13,17H,6-7H2,1-2H3,(H,18,19). The van der Waals surface area contributed by atoms with Crippen molar-refractivity contribution in [1.82, 2.24) is 5.32 Å². The van der Waals surface area contributed by atoms with Crippen LogP contribution >= 0.6 is 11.6 Å². The summed E-state index contributed by atoms with van der Waals surface area (Å²) in [5.41, 5.74) is 0.524. The van der Waals surface area contributed by atoms with Crippen LogP contribution in [0.4, 0.5) is 14.5 Å². The number of hydrogen-bond acceptors (Lipinski definition) is 4. The Morgan fingerprint density at radius 3 is 2.71 bits per heavy atom. The molecule has 118 valence electrons. The topological polar surface area (TPSA) is 59.6 Å². The van der Waals surface area contributed by atoms with Gasteiger partial charge in [0.1, 0.15) is 5.75 Å². The average Bonchev–Trinajstić information content (AvgIpc) is 2.39. The van der Waals surface area contributed by atoms with Crippen molar-refractivity contribution in [3.63, 3.8) is 0 Å². The van der Waals surface area contributed by atoms with Crippen molar-refractivity contribution in [1.29, 1.82) is 0 Å². The zero-order valence-corrected chi connectivity index (χ0v) is 12.4. The van der Waals surface area contributed by atoms with Gasteiger partial charge in [0.15, 0.2) is 0 Å². The minimum Gasteiger partial charge on any atom is -0.433 e. The van der Waals surface area contributed by atoms with Crippen molar-refractivity contribution in [2.24, 2.45) is 0 Å². The van der Waals surface area contributed by atoms with Crippen molar-refractivity contribution in [3.05, 3.63) is 23.2 Å². The van der Waals surface area contributed by atoms with Crippen molar-refractivity contribution in [2.75, 3.05) is 25.6 Å². The smallest absolute Gasteiger partial charge is 0.387 e. The van der Waals surface area contributed by atoms with Crippen LogP contribution < -0.4 is 15.4 Å². The Bertz CT molecular complexity index is 475. The molecule has 0 saturated heterocycles. The lowest BCUT2D eigenvalue weighted by Crippen LogP contribution is -2.39. The molecular formula is C13H17ClF2N2O3. The molecule has 0 bridgehead atoms. The molecule has 0 aromatic heterocycles. The molecule has 1 aromatic carbocycles. The SMILES string of the molecule is COCC(C)NC(=O)CNc1ccc(OC(F)F)c(Cl)c1. The molecule has 0 aliphatic rings. The lowest BCUT2D eigenvalue weighted by molar-refractivity contribution is -0.120. The van der Waals surface area contributed by atoms with Gasteiger partial charge in [0.25, 0.3) is 0 Å². The summed E-state index contributed by atoms with van der Waals surface area (Å²) in [6.07, 6.45) is 0. The summed E-state index contributed by atoms with van der Waals surface area (Å²) < 4.78 is 33.3. The maximum absolute atomic E-state index is 12.1. The molecule has 1 atom stereocenters. The van der Waals surface area contributed by atoms with Crippen molar-refractivity contribution in [2.45, 2.75) is 19.6 Å². The summed E-state index contributed by atoms with van der Waals surface area (Å²) in [5, 5.41) is 5.59. The van der Waals surface area contributed by atoms with Crippen LogP contribution in [0.15, 0.2) is 18.2 Å². The zero-order chi connectivity index (χ0) is 15.8. The summed E-state index contributed by atoms with van der Waals surface area (Å²) in [7, 11) is 1.55. The van der Waals surface area contributed by atoms with Crippen LogP contribution in [0.25, 0.3) is 0 Å². The van der Waals surface area contributed by atoms with E-state index in [-0.39, 0.29) is 29.3 Å². The number of carbonyl (C=O) groups is 1. The summed E-state index contributed by atoms with van der Waals surface area (Å²) in [6.45, 7) is -0.680. The number of alkyl halides is 2. The highest BCUT2D eigenvalue weighted by Crippen LogP contribution is 2.28. The first-order valence-electron chi connectivity index (χ1n) is 6.19. The molecule has 1 amide bonds. The number of nitrogens with one attached hydrogen (secondary N) is 2. The monoisotopic (exact) mass is 322 g/mol. The van der Waals surface area contributed by atoms with Gasteiger partial charge in [0.2, 0.25) is 5.91 Å². The molecule has 0 aliphatic heterocycles. The molecule has 2 N–H and O–H groups in total. The van der Waals surface area contributed by atoms with Crippen molar-refractivity contribution in [3.8, 4) is 5.75 Å². The maximum Gasteiger partial charge on any atom is 0.387 e. The fraction of sp³-hybridized carbons (Fsp3) is 0.462. The molecule has 1 unspecified atom stereocenters. The number of benzene rings is 1. The minimum atomic E-state index is -2.94. The van der Waals surface area contributed by atoms with E-state index in [1.165, 1.54) is 18.2 Å². The predicted molar refractivity (Wildman–Crippen MR) is 76.1 cm³/mol. The van der Waals surface area contributed by atoms with E-state index >= 15 is 0 Å². The third-order valence-corrected chi connectivity index (χ3v) is 2.72. The second-order valence-electron chi connectivity index (χ2n) is 4.30. The fourth-order valence-corrected chi connectivity index (χ4v) is 1.83. The molecule has 0 fully saturated rings. The summed E-state index contributed by atoms with van der Waals surface area (Å²) in [6, 6.07) is 4.11. The third-order valence-electron chi connectivity index (χ3n) is 2.43. The van der Waals surface area contributed by atoms with E-state index in [4.69, 9.17) is 16.3 Å². The van der Waals surface area contributed by atoms with E-state index in [0.717, 1.165) is 0 Å². The van der Waals surface area contributed by atoms with Crippen LogP contribution in [0.1, 0.15) is 6.92 Å². The molecule has 21 heavy (non-hydrogen) atoms. The van der Waals surface area contributed by atoms with Crippen molar-refractivity contribution < 1.29 is 23.0 Å². The molecule has 0 radical (unpaired) electrons. The van der Waals surface area contributed by atoms with E-state index < -0.39 is 6.61 Å². The second-order valence-corrected chi connectivity index (χ2v) is 4.71. The van der Waals surface area contributed by atoms with Crippen LogP contribution in [0.2, 0.25) is 5.02 Å². The number of methoxy groups -OCH3 is 1. The highest BCUT2D eigenvalue weighted by atomic mass is 35.5. The molecule has 1 aromatic rings. The number of amides is 1. The Morgan fingerprint density at radius 2 is 2.14 bits per heavy atom. The highest BCUT2D eigenvalue weighted by Gasteiger charge is 2.10. The number of carbonyl (C=O) groups excluding carboxylic acids is 1. The lowest BCUT2D eigenvalue weighted by Gasteiger charge is -2.14. The molecule has 0 aliphatic carbocycles. The summed E-state index contributed by atoms with van der Waals surface area (Å²) >= 11 is 5.80. The quantitative estimate of drug-likeness (QED) is 0.772. The van der Waals surface area contributed by atoms with Gasteiger partial charge in [-0.3, -0.25) is 4.79 Å². The first-order valence-corrected chi connectivity index (χ1v) is 6.56. The van der Waals surface area contributed by atoms with Crippen LogP contribution in [-0.4, -0.2) is 38.8 Å². The van der Waals surface area contributed by atoms with Gasteiger partial charge in [0.05, 0.1) is 18.2 Å². The number of ether oxygens (including phenoxy) is 2. The third kappa shape index (κ3) is 6.59. The molecule has 8 heteroatoms. The highest BCUT2D eigenvalue weighted by molar-refractivity contribution is 6.32.